The number of para-hydroxylation sites is 3. The molecule has 121 heavy (non-hydrogen) atoms. The van der Waals surface area contributed by atoms with Crippen LogP contribution in [0.3, 0.4) is 0 Å². The normalized spacial score (nSPS) is 28.8. The lowest BCUT2D eigenvalue weighted by Crippen LogP contribution is -2.44. The van der Waals surface area contributed by atoms with Gasteiger partial charge in [0.1, 0.15) is 17.0 Å². The summed E-state index contributed by atoms with van der Waals surface area (Å²) in [6.45, 7) is 21.4. The molecule has 6 fully saturated rings. The van der Waals surface area contributed by atoms with E-state index in [1.54, 1.807) is 62.2 Å². The highest BCUT2D eigenvalue weighted by molar-refractivity contribution is 6.12. The number of pyridine rings is 3. The van der Waals surface area contributed by atoms with E-state index in [1.165, 1.54) is 26.7 Å². The smallest absolute Gasteiger partial charge is 0.227 e. The second kappa shape index (κ2) is 30.3. The van der Waals surface area contributed by atoms with Gasteiger partial charge in [0.15, 0.2) is 22.3 Å². The second-order valence-corrected chi connectivity index (χ2v) is 37.9. The Morgan fingerprint density at radius 3 is 1.07 bits per heavy atom. The van der Waals surface area contributed by atoms with Crippen LogP contribution in [-0.2, 0) is 5.41 Å². The van der Waals surface area contributed by atoms with Gasteiger partial charge in [0, 0.05) is 162 Å². The monoisotopic (exact) mass is 1640 g/mol. The number of benzene rings is 7. The summed E-state index contributed by atoms with van der Waals surface area (Å²) in [5.41, 5.74) is 4.00. The van der Waals surface area contributed by atoms with E-state index < -0.39 is 110 Å². The molecule has 6 atom stereocenters. The van der Waals surface area contributed by atoms with Crippen LogP contribution in [-0.4, -0.2) is 67.3 Å². The van der Waals surface area contributed by atoms with Crippen LogP contribution in [0.15, 0.2) is 194 Å². The Hall–Kier alpha value is -9.81. The van der Waals surface area contributed by atoms with Gasteiger partial charge < -0.3 is 42.2 Å². The first-order valence-electron chi connectivity index (χ1n) is 55.1. The molecule has 7 aliphatic rings. The molecule has 5 aliphatic heterocycles. The number of fused-ring (bicyclic) bond motifs is 13. The van der Waals surface area contributed by atoms with Crippen molar-refractivity contribution in [1.29, 1.82) is 0 Å². The van der Waals surface area contributed by atoms with Crippen molar-refractivity contribution in [3.63, 3.8) is 0 Å². The van der Waals surface area contributed by atoms with Crippen LogP contribution in [0, 0.1) is 56.3 Å². The summed E-state index contributed by atoms with van der Waals surface area (Å²) in [6, 6.07) is 48.8. The third kappa shape index (κ3) is 13.9. The maximum Gasteiger partial charge on any atom is 0.227 e. The van der Waals surface area contributed by atoms with Crippen LogP contribution in [0.25, 0.3) is 88.0 Å². The van der Waals surface area contributed by atoms with Crippen LogP contribution in [0.5, 0.6) is 0 Å². The van der Waals surface area contributed by atoms with Crippen molar-refractivity contribution < 1.29 is 49.2 Å². The van der Waals surface area contributed by atoms with Crippen LogP contribution in [0.4, 0.5) is 34.3 Å². The Morgan fingerprint density at radius 1 is 0.331 bits per heavy atom. The third-order valence-electron chi connectivity index (χ3n) is 28.2. The Morgan fingerprint density at radius 2 is 0.678 bits per heavy atom. The quantitative estimate of drug-likeness (QED) is 0.164. The molecule has 4 saturated heterocycles. The molecule has 2 spiro atoms. The molecule has 2 aliphatic carbocycles. The van der Waals surface area contributed by atoms with Crippen molar-refractivity contribution >= 4 is 122 Å². The molecule has 14 aromatic rings. The van der Waals surface area contributed by atoms with Crippen LogP contribution < -0.4 is 24.5 Å². The lowest BCUT2D eigenvalue weighted by molar-refractivity contribution is 0.170. The molecule has 7 aromatic carbocycles. The Bertz CT molecular complexity index is 6890. The fourth-order valence-electron chi connectivity index (χ4n) is 22.3. The fourth-order valence-corrected chi connectivity index (χ4v) is 22.3. The van der Waals surface area contributed by atoms with Gasteiger partial charge in [0.25, 0.3) is 0 Å². The molecule has 6 unspecified atom stereocenters. The van der Waals surface area contributed by atoms with Crippen molar-refractivity contribution in [2.75, 3.05) is 24.5 Å². The number of nitrogens with zero attached hydrogens (tertiary/aromatic N) is 8. The summed E-state index contributed by atoms with van der Waals surface area (Å²) in [6.07, 6.45) is 8.11. The zero-order valence-electron chi connectivity index (χ0n) is 96.9. The Balaban J connectivity index is 0.000000124. The van der Waals surface area contributed by atoms with Crippen molar-refractivity contribution in [1.82, 2.24) is 15.0 Å². The number of furan rings is 4. The van der Waals surface area contributed by atoms with Gasteiger partial charge in [0.2, 0.25) is 11.4 Å². The van der Waals surface area contributed by atoms with E-state index in [4.69, 9.17) is 43.7 Å². The lowest BCUT2D eigenvalue weighted by atomic mass is 9.68. The van der Waals surface area contributed by atoms with Crippen molar-refractivity contribution in [2.24, 2.45) is 21.7 Å². The van der Waals surface area contributed by atoms with E-state index >= 15 is 0 Å². The first-order chi connectivity index (χ1) is 66.8. The maximum absolute atomic E-state index is 9.32. The average Bonchev–Trinajstić information content (AvgIpc) is 1.49. The van der Waals surface area contributed by atoms with Gasteiger partial charge in [-0.1, -0.05) is 189 Å². The number of aryl methyl sites for hydroxylation is 5. The first-order valence-corrected chi connectivity index (χ1v) is 43.6. The lowest BCUT2D eigenvalue weighted by Gasteiger charge is -2.41. The van der Waals surface area contributed by atoms with E-state index in [0.29, 0.717) is 39.6 Å². The molecule has 7 aromatic heterocycles. The second-order valence-electron chi connectivity index (χ2n) is 37.9. The largest absolute Gasteiger partial charge is 0.454 e. The minimum Gasteiger partial charge on any atom is -0.454 e. The van der Waals surface area contributed by atoms with E-state index in [9.17, 15) is 5.48 Å². The summed E-state index contributed by atoms with van der Waals surface area (Å²) in [5, 5.41) is 7.54. The highest BCUT2D eigenvalue weighted by Crippen LogP contribution is 2.61. The maximum atomic E-state index is 9.32. The minimum atomic E-state index is -3.09. The van der Waals surface area contributed by atoms with Crippen molar-refractivity contribution in [3.05, 3.63) is 210 Å². The number of rotatable bonds is 5. The fraction of sp³-hybridized carbons (Fsp3) is 0.477. The number of anilines is 6. The van der Waals surface area contributed by atoms with E-state index in [2.05, 4.69) is 121 Å². The van der Waals surface area contributed by atoms with Gasteiger partial charge in [-0.3, -0.25) is 0 Å². The van der Waals surface area contributed by atoms with Gasteiger partial charge >= 0.3 is 0 Å². The van der Waals surface area contributed by atoms with Gasteiger partial charge in [0.05, 0.1) is 22.7 Å². The summed E-state index contributed by atoms with van der Waals surface area (Å²) >= 11 is 0. The van der Waals surface area contributed by atoms with Gasteiger partial charge in [-0.05, 0) is 274 Å². The highest BCUT2D eigenvalue weighted by Gasteiger charge is 2.57. The standard InChI is InChI=1S/C25H31NO.C24H30N2O.C22H27NO.C21H26N2O.C17H20N2/c1-17-12-13-20-19-10-6-7-11-21(19)27-23(20)22(17)26-18(2)25(16-24(26,3)4)14-8-5-9-15-25;1-16-10-11-18-19-9-8-14-25-22(19)27-21(18)20(16)26-17(2)24(15-23(26,3)4)12-6-5-7-13-24;1-14-11-12-17-16-9-7-8-10-18(16)24-20(17)19(14)23-15(2)21(3,4)13-22(23,5)6;1-13-9-10-15-16-8-7-11-22-19(16)24-18(15)17(13)23-14(2)20(3,4)12-21(23,5)6;1-12-8-5-6-10-15(12)19-13(2)17(3,4)14-9-7-11-18-16(14)19/h6-7,10-13,18H,5,8-9,14-16H2,1-4H3;8-11,14,17H,5-7,12-13,15H2,1-4H3;7-12,15H,13H2,1-6H3;7-11,14H,12H2,1-6H3;5-11,13H,1-4H3/i16D2;15D2;3D3,4D3,13D2;3D3,4D3,12D2;3D3. The molecule has 12 heterocycles. The van der Waals surface area contributed by atoms with E-state index in [-0.39, 0.29) is 29.0 Å². The van der Waals surface area contributed by atoms with Crippen LogP contribution >= 0.6 is 0 Å². The van der Waals surface area contributed by atoms with E-state index in [1.807, 2.05) is 150 Å². The van der Waals surface area contributed by atoms with Gasteiger partial charge in [-0.2, -0.15) is 0 Å². The number of hydrogen-bond donors (Lipinski definition) is 0. The molecule has 12 nitrogen and oxygen atoms in total. The predicted octanol–water partition coefficient (Wildman–Crippen LogP) is 30.0. The summed E-state index contributed by atoms with van der Waals surface area (Å²) in [4.78, 5) is 23.2. The topological polar surface area (TPSA) is 107 Å². The SMILES string of the molecule is [2H]C([2H])([2H])C1(C([2H])([2H])[2H])C(C)N(c2c(C)ccc3c2oc2ccccc23)C(C)(C)C1([2H])[2H].[2H]C([2H])([2H])C1(C([2H])([2H])[2H])C(C)N(c2c(C)ccc3c2oc2ncccc23)C(C)(C)C1([2H])[2H].[2H]C([2H])([2H])C1(C)c2cccnc2N(c2ccccc2C)C1C.[2H]C1([2H])C2(CCCCC2)C(C)N(c2c(C)ccc3c2oc2ccccc23)C1(C)C.[2H]C1([2H])C2(CCCCC2)C(C)N(c2c(C)ccc3c2oc2ncccc23)C1(C)C. The molecule has 12 heteroatoms. The zero-order valence-corrected chi connectivity index (χ0v) is 73.9. The van der Waals surface area contributed by atoms with E-state index in [0.717, 1.165) is 167 Å². The first kappa shape index (κ1) is 59.9. The highest BCUT2D eigenvalue weighted by atomic mass is 16.3. The van der Waals surface area contributed by atoms with Crippen molar-refractivity contribution in [2.45, 2.75) is 313 Å². The number of hydrogen-bond acceptors (Lipinski definition) is 12. The Labute approximate surface area is 752 Å². The molecule has 0 N–H and O–H groups in total. The molecular weight excluding hydrogens is 1490 g/mol. The van der Waals surface area contributed by atoms with Crippen LogP contribution in [0.2, 0.25) is 0 Å². The molecule has 21 rings (SSSR count). The summed E-state index contributed by atoms with van der Waals surface area (Å²) in [7, 11) is 0. The van der Waals surface area contributed by atoms with Gasteiger partial charge in [-0.15, -0.1) is 0 Å². The molecule has 0 bridgehead atoms. The average molecular weight is 1640 g/mol. The summed E-state index contributed by atoms with van der Waals surface area (Å²) < 4.78 is 221. The third-order valence-corrected chi connectivity index (χ3v) is 28.2. The predicted molar refractivity (Wildman–Crippen MR) is 511 cm³/mol. The summed E-state index contributed by atoms with van der Waals surface area (Å²) in [5.74, 6) is 0.753. The van der Waals surface area contributed by atoms with Crippen molar-refractivity contribution in [3.8, 4) is 0 Å². The van der Waals surface area contributed by atoms with Gasteiger partial charge in [-0.25, -0.2) is 15.0 Å². The molecule has 634 valence electrons. The minimum absolute atomic E-state index is 0.0956. The number of aromatic nitrogens is 3. The molecule has 2 saturated carbocycles. The zero-order chi connectivity index (χ0) is 105. The molecular formula is C109H134N8O4. The Kier molecular flexibility index (Phi) is 15.0. The molecule has 0 amide bonds. The van der Waals surface area contributed by atoms with Crippen LogP contribution in [0.1, 0.15) is 286 Å². The molecule has 0 radical (unpaired) electrons.